The molecule has 0 bridgehead atoms. The van der Waals surface area contributed by atoms with E-state index in [4.69, 9.17) is 0 Å². The molecule has 3 heterocycles. The van der Waals surface area contributed by atoms with Gasteiger partial charge < -0.3 is 19.9 Å². The molecule has 0 aliphatic carbocycles. The van der Waals surface area contributed by atoms with Gasteiger partial charge >= 0.3 is 0 Å². The first kappa shape index (κ1) is 79.0. The highest BCUT2D eigenvalue weighted by atomic mass is 15.1. The molecule has 0 amide bonds. The van der Waals surface area contributed by atoms with Crippen LogP contribution < -0.4 is 4.90 Å². The van der Waals surface area contributed by atoms with Crippen LogP contribution in [0.15, 0.2) is 504 Å². The van der Waals surface area contributed by atoms with Gasteiger partial charge in [0.25, 0.3) is 0 Å². The average Bonchev–Trinajstić information content (AvgIpc) is 0.846. The van der Waals surface area contributed by atoms with Crippen molar-refractivity contribution in [3.63, 3.8) is 0 Å². The van der Waals surface area contributed by atoms with Crippen LogP contribution in [-0.2, 0) is 0 Å². The summed E-state index contributed by atoms with van der Waals surface area (Å²) in [5.41, 5.74) is 29.9. The summed E-state index contributed by atoms with van der Waals surface area (Å²) in [7, 11) is 0. The lowest BCUT2D eigenvalue weighted by atomic mass is 9.86. The number of H-pyrrole nitrogens is 3. The third-order valence-corrected chi connectivity index (χ3v) is 28.1. The van der Waals surface area contributed by atoms with E-state index in [1.54, 1.807) is 0 Å². The van der Waals surface area contributed by atoms with Crippen molar-refractivity contribution >= 4 is 179 Å². The number of benzene rings is 25. The second-order valence-electron chi connectivity index (χ2n) is 36.0. The van der Waals surface area contributed by atoms with E-state index in [0.717, 1.165) is 50.2 Å². The Morgan fingerprint density at radius 1 is 0.110 bits per heavy atom. The lowest BCUT2D eigenvalue weighted by Crippen LogP contribution is -2.09. The Kier molecular flexibility index (Phi) is 19.3. The topological polar surface area (TPSA) is 50.6 Å². The van der Waals surface area contributed by atoms with Gasteiger partial charge in [-0.05, 0) is 307 Å². The highest BCUT2D eigenvalue weighted by molar-refractivity contribution is 6.25. The molecule has 634 valence electrons. The summed E-state index contributed by atoms with van der Waals surface area (Å²) in [6.45, 7) is 0. The molecule has 0 atom stereocenters. The lowest BCUT2D eigenvalue weighted by Gasteiger charge is -2.26. The standard InChI is InChI=1S/C54H36N4.C40H26.C38H24/c1-4-10-49-43(7-1)46-28-19-37(31-52(46)55-49)34-13-22-40(23-14-34)58(41-24-15-35(16-25-41)38-20-29-47-44-8-2-5-11-50(44)56-53(47)32-38)42-26-17-36(18-27-42)39-21-30-48-45-9-3-6-12-51(45)57-54(48)33-39;1-2-9-28-22-31(17-16-27(28)8-1)33-21-20-32-23-30(18-19-34(32)24-33)29-11-7-12-35(25-29)40-26-36-10-3-4-13-37(36)38-14-5-6-15-39(38)40;1-2-12-27-22-28(21-20-25(27)10-1)35-23-37-34-18-8-7-17-33(34)36(24-38(37)32-16-6-5-15-31(32)35)30-19-9-13-26-11-3-4-14-29(26)30/h1-33,55-57H;1-26H;1-24H. The second kappa shape index (κ2) is 33.1. The van der Waals surface area contributed by atoms with E-state index < -0.39 is 0 Å². The number of nitrogens with zero attached hydrogens (tertiary/aromatic N) is 1. The van der Waals surface area contributed by atoms with E-state index in [-0.39, 0.29) is 0 Å². The molecule has 3 N–H and O–H groups in total. The Morgan fingerprint density at radius 2 is 0.382 bits per heavy atom. The monoisotopic (exact) mass is 1730 g/mol. The Labute approximate surface area is 786 Å². The number of nitrogens with one attached hydrogen (secondary N) is 3. The molecule has 0 saturated heterocycles. The van der Waals surface area contributed by atoms with E-state index in [0.29, 0.717) is 0 Å². The van der Waals surface area contributed by atoms with Crippen LogP contribution in [0.5, 0.6) is 0 Å². The zero-order valence-corrected chi connectivity index (χ0v) is 74.4. The van der Waals surface area contributed by atoms with Crippen molar-refractivity contribution in [2.24, 2.45) is 0 Å². The quantitative estimate of drug-likeness (QED) is 0.111. The summed E-state index contributed by atoms with van der Waals surface area (Å²) in [5, 5.41) is 30.6. The van der Waals surface area contributed by atoms with Gasteiger partial charge in [0.05, 0.1) is 0 Å². The molecule has 28 aromatic rings. The molecule has 4 nitrogen and oxygen atoms in total. The summed E-state index contributed by atoms with van der Waals surface area (Å²) >= 11 is 0. The Balaban J connectivity index is 0.000000109. The number of para-hydroxylation sites is 3. The molecule has 28 rings (SSSR count). The number of rotatable bonds is 11. The van der Waals surface area contributed by atoms with Crippen LogP contribution in [0.3, 0.4) is 0 Å². The Morgan fingerprint density at radius 3 is 0.846 bits per heavy atom. The fourth-order valence-electron chi connectivity index (χ4n) is 21.3. The molecule has 0 radical (unpaired) electrons. The smallest absolute Gasteiger partial charge is 0.0471 e. The van der Waals surface area contributed by atoms with Crippen molar-refractivity contribution in [1.82, 2.24) is 15.0 Å². The minimum atomic E-state index is 1.09. The van der Waals surface area contributed by atoms with E-state index >= 15 is 0 Å². The summed E-state index contributed by atoms with van der Waals surface area (Å²) in [5.74, 6) is 0. The summed E-state index contributed by atoms with van der Waals surface area (Å²) in [6, 6.07) is 184. The van der Waals surface area contributed by atoms with Gasteiger partial charge in [-0.1, -0.05) is 382 Å². The van der Waals surface area contributed by atoms with Crippen LogP contribution >= 0.6 is 0 Å². The molecular weight excluding hydrogens is 1640 g/mol. The molecular formula is C132H86N4. The van der Waals surface area contributed by atoms with Crippen molar-refractivity contribution in [3.05, 3.63) is 504 Å². The predicted octanol–water partition coefficient (Wildman–Crippen LogP) is 37.1. The van der Waals surface area contributed by atoms with Gasteiger partial charge in [-0.3, -0.25) is 0 Å². The minimum Gasteiger partial charge on any atom is -0.354 e. The maximum Gasteiger partial charge on any atom is 0.0471 e. The van der Waals surface area contributed by atoms with Gasteiger partial charge in [-0.2, -0.15) is 0 Å². The van der Waals surface area contributed by atoms with E-state index in [2.05, 4.69) is 523 Å². The number of hydrogen-bond acceptors (Lipinski definition) is 1. The van der Waals surface area contributed by atoms with Gasteiger partial charge in [0.1, 0.15) is 0 Å². The molecule has 136 heavy (non-hydrogen) atoms. The zero-order valence-electron chi connectivity index (χ0n) is 74.4. The van der Waals surface area contributed by atoms with Gasteiger partial charge in [0, 0.05) is 82.5 Å². The second-order valence-corrected chi connectivity index (χ2v) is 36.0. The number of hydrogen-bond donors (Lipinski definition) is 3. The maximum atomic E-state index is 3.61. The van der Waals surface area contributed by atoms with Crippen molar-refractivity contribution < 1.29 is 0 Å². The van der Waals surface area contributed by atoms with Crippen molar-refractivity contribution in [2.75, 3.05) is 4.90 Å². The van der Waals surface area contributed by atoms with E-state index in [9.17, 15) is 0 Å². The van der Waals surface area contributed by atoms with Crippen molar-refractivity contribution in [3.8, 4) is 89.0 Å². The minimum absolute atomic E-state index is 1.09. The first-order valence-corrected chi connectivity index (χ1v) is 46.9. The van der Waals surface area contributed by atoms with Gasteiger partial charge in [-0.25, -0.2) is 0 Å². The number of aromatic nitrogens is 3. The molecule has 3 aromatic heterocycles. The normalized spacial score (nSPS) is 11.7. The summed E-state index contributed by atoms with van der Waals surface area (Å²) < 4.78 is 0. The van der Waals surface area contributed by atoms with Crippen LogP contribution in [0.2, 0.25) is 0 Å². The first-order valence-electron chi connectivity index (χ1n) is 46.9. The lowest BCUT2D eigenvalue weighted by molar-refractivity contribution is 1.28. The molecule has 0 aliphatic rings. The van der Waals surface area contributed by atoms with Crippen LogP contribution in [-0.4, -0.2) is 15.0 Å². The summed E-state index contributed by atoms with van der Waals surface area (Å²) in [4.78, 5) is 13.2. The zero-order chi connectivity index (χ0) is 89.7. The summed E-state index contributed by atoms with van der Waals surface area (Å²) in [6.07, 6.45) is 0. The highest BCUT2D eigenvalue weighted by Crippen LogP contribution is 2.47. The van der Waals surface area contributed by atoms with Gasteiger partial charge in [0.2, 0.25) is 0 Å². The van der Waals surface area contributed by atoms with Gasteiger partial charge in [-0.15, -0.1) is 0 Å². The third-order valence-electron chi connectivity index (χ3n) is 28.1. The molecule has 0 unspecified atom stereocenters. The molecule has 0 fully saturated rings. The molecule has 0 aliphatic heterocycles. The maximum absolute atomic E-state index is 3.61. The number of aromatic amines is 3. The molecule has 25 aromatic carbocycles. The highest BCUT2D eigenvalue weighted by Gasteiger charge is 2.21. The molecule has 0 spiro atoms. The van der Waals surface area contributed by atoms with Crippen molar-refractivity contribution in [2.45, 2.75) is 0 Å². The largest absolute Gasteiger partial charge is 0.354 e. The van der Waals surface area contributed by atoms with Gasteiger partial charge in [0.15, 0.2) is 0 Å². The molecule has 4 heteroatoms. The third kappa shape index (κ3) is 14.2. The van der Waals surface area contributed by atoms with Crippen molar-refractivity contribution in [1.29, 1.82) is 0 Å². The van der Waals surface area contributed by atoms with Crippen LogP contribution in [0, 0.1) is 0 Å². The fraction of sp³-hybridized carbons (Fsp3) is 0. The fourth-order valence-corrected chi connectivity index (χ4v) is 21.3. The number of anilines is 3. The van der Waals surface area contributed by atoms with E-state index in [1.807, 2.05) is 0 Å². The first-order chi connectivity index (χ1) is 67.3. The number of fused-ring (bicyclic) bond motifs is 21. The average molecular weight is 1730 g/mol. The van der Waals surface area contributed by atoms with Crippen LogP contribution in [0.1, 0.15) is 0 Å². The Bertz CT molecular complexity index is 9250. The SMILES string of the molecule is c1cc(-c2ccc3cc(-c4ccc5ccccc5c4)ccc3c2)cc(-c2cc3ccccc3c3ccccc23)c1.c1ccc2c(c1)[nH]c1cc(-c3ccc(N(c4ccc(-c5ccc6c(c5)[nH]c5ccccc56)cc4)c4ccc(-c5ccc6c(c5)[nH]c5ccccc56)cc4)cc3)ccc12.c1ccc2cc(-c3cc4c5ccccc5c(-c5cccc6ccccc56)cc4c4ccccc34)ccc2c1. The Hall–Kier alpha value is -18.0. The molecule has 0 saturated carbocycles. The van der Waals surface area contributed by atoms with Crippen LogP contribution in [0.4, 0.5) is 17.1 Å². The predicted molar refractivity (Wildman–Crippen MR) is 583 cm³/mol. The van der Waals surface area contributed by atoms with E-state index in [1.165, 1.54) is 218 Å². The van der Waals surface area contributed by atoms with Crippen LogP contribution in [0.25, 0.3) is 251 Å².